The molecule has 7 heteroatoms. The van der Waals surface area contributed by atoms with Crippen molar-refractivity contribution >= 4 is 32.7 Å². The molecule has 1 heterocycles. The quantitative estimate of drug-likeness (QED) is 0.583. The van der Waals surface area contributed by atoms with Crippen LogP contribution in [-0.2, 0) is 11.3 Å². The van der Waals surface area contributed by atoms with E-state index in [-0.39, 0.29) is 11.5 Å². The number of hydrogen-bond donors (Lipinski definition) is 0. The third-order valence-electron chi connectivity index (χ3n) is 4.76. The van der Waals surface area contributed by atoms with Gasteiger partial charge in [-0.05, 0) is 37.3 Å². The minimum atomic E-state index is -0.402. The van der Waals surface area contributed by atoms with Crippen LogP contribution in [0.5, 0.6) is 0 Å². The fraction of sp³-hybridized carbons (Fsp3) is 0.286. The molecule has 0 spiro atoms. The van der Waals surface area contributed by atoms with E-state index in [4.69, 9.17) is 9.72 Å². The van der Waals surface area contributed by atoms with Crippen molar-refractivity contribution in [3.63, 3.8) is 0 Å². The largest absolute Gasteiger partial charge is 0.383 e. The Balaban J connectivity index is 2.05. The molecule has 0 aliphatic rings. The summed E-state index contributed by atoms with van der Waals surface area (Å²) in [6.07, 6.45) is 0. The highest BCUT2D eigenvalue weighted by Crippen LogP contribution is 2.22. The Morgan fingerprint density at radius 3 is 2.71 bits per heavy atom. The summed E-state index contributed by atoms with van der Waals surface area (Å²) in [5, 5.41) is 0.551. The molecule has 6 nitrogen and oxygen atoms in total. The summed E-state index contributed by atoms with van der Waals surface area (Å²) in [7, 11) is 3.31. The number of fused-ring (bicyclic) bond motifs is 1. The molecule has 1 unspecified atom stereocenters. The van der Waals surface area contributed by atoms with Crippen molar-refractivity contribution in [3.8, 4) is 0 Å². The average molecular weight is 444 g/mol. The summed E-state index contributed by atoms with van der Waals surface area (Å²) < 4.78 is 7.60. The van der Waals surface area contributed by atoms with Crippen LogP contribution in [0, 0.1) is 0 Å². The first kappa shape index (κ1) is 20.2. The number of benzene rings is 2. The van der Waals surface area contributed by atoms with E-state index in [2.05, 4.69) is 15.9 Å². The number of nitrogens with zero attached hydrogens (tertiary/aromatic N) is 3. The van der Waals surface area contributed by atoms with Crippen LogP contribution in [0.25, 0.3) is 10.9 Å². The van der Waals surface area contributed by atoms with Gasteiger partial charge in [-0.3, -0.25) is 14.2 Å². The second-order valence-corrected chi connectivity index (χ2v) is 7.45. The van der Waals surface area contributed by atoms with Gasteiger partial charge in [-0.15, -0.1) is 0 Å². The highest BCUT2D eigenvalue weighted by Gasteiger charge is 2.24. The van der Waals surface area contributed by atoms with Gasteiger partial charge in [0.05, 0.1) is 30.1 Å². The number of carbonyl (C=O) groups is 1. The molecule has 0 N–H and O–H groups in total. The van der Waals surface area contributed by atoms with Gasteiger partial charge in [-0.25, -0.2) is 4.98 Å². The molecule has 0 saturated carbocycles. The Bertz CT molecular complexity index is 1060. The fourth-order valence-electron chi connectivity index (χ4n) is 3.08. The van der Waals surface area contributed by atoms with Crippen LogP contribution in [0.15, 0.2) is 57.8 Å². The maximum Gasteiger partial charge on any atom is 0.261 e. The zero-order valence-electron chi connectivity index (χ0n) is 16.1. The zero-order chi connectivity index (χ0) is 20.3. The number of amides is 1. The Labute approximate surface area is 171 Å². The SMILES string of the molecule is COCCn1c(C(C)N(C)C(=O)c2cccc(Br)c2)nc2ccccc2c1=O. The van der Waals surface area contributed by atoms with Crippen LogP contribution < -0.4 is 5.56 Å². The molecule has 0 fully saturated rings. The first-order valence-electron chi connectivity index (χ1n) is 8.95. The van der Waals surface area contributed by atoms with Gasteiger partial charge in [-0.1, -0.05) is 34.1 Å². The van der Waals surface area contributed by atoms with E-state index in [1.807, 2.05) is 37.3 Å². The van der Waals surface area contributed by atoms with Crippen LogP contribution in [0.1, 0.15) is 29.1 Å². The zero-order valence-corrected chi connectivity index (χ0v) is 17.6. The van der Waals surface area contributed by atoms with Crippen molar-refractivity contribution in [1.29, 1.82) is 0 Å². The third kappa shape index (κ3) is 4.00. The molecule has 2 aromatic carbocycles. The number of ether oxygens (including phenoxy) is 1. The molecule has 3 aromatic rings. The lowest BCUT2D eigenvalue weighted by Gasteiger charge is -2.27. The van der Waals surface area contributed by atoms with Crippen molar-refractivity contribution in [2.24, 2.45) is 0 Å². The van der Waals surface area contributed by atoms with Crippen LogP contribution in [0.2, 0.25) is 0 Å². The smallest absolute Gasteiger partial charge is 0.261 e. The van der Waals surface area contributed by atoms with Crippen molar-refractivity contribution in [2.75, 3.05) is 20.8 Å². The Morgan fingerprint density at radius 2 is 2.00 bits per heavy atom. The van der Waals surface area contributed by atoms with E-state index in [1.165, 1.54) is 0 Å². The lowest BCUT2D eigenvalue weighted by atomic mass is 10.1. The minimum absolute atomic E-state index is 0.132. The monoisotopic (exact) mass is 443 g/mol. The molecule has 146 valence electrons. The molecule has 0 aliphatic carbocycles. The predicted molar refractivity (Wildman–Crippen MR) is 113 cm³/mol. The lowest BCUT2D eigenvalue weighted by molar-refractivity contribution is 0.0731. The molecule has 28 heavy (non-hydrogen) atoms. The number of methoxy groups -OCH3 is 1. The first-order valence-corrected chi connectivity index (χ1v) is 9.74. The number of halogens is 1. The van der Waals surface area contributed by atoms with Gasteiger partial charge in [0.25, 0.3) is 11.5 Å². The first-order chi connectivity index (χ1) is 13.4. The van der Waals surface area contributed by atoms with Gasteiger partial charge < -0.3 is 9.64 Å². The summed E-state index contributed by atoms with van der Waals surface area (Å²) >= 11 is 3.40. The van der Waals surface area contributed by atoms with Crippen LogP contribution in [0.3, 0.4) is 0 Å². The summed E-state index contributed by atoms with van der Waals surface area (Å²) in [6, 6.07) is 14.1. The standard InChI is InChI=1S/C21H22BrN3O3/c1-14(24(2)20(26)15-7-6-8-16(22)13-15)19-23-18-10-5-4-9-17(18)21(27)25(19)11-12-28-3/h4-10,13-14H,11-12H2,1-3H3. The van der Waals surface area contributed by atoms with Crippen molar-refractivity contribution in [1.82, 2.24) is 14.5 Å². The number of aromatic nitrogens is 2. The molecule has 0 saturated heterocycles. The van der Waals surface area contributed by atoms with Gasteiger partial charge in [0, 0.05) is 24.2 Å². The highest BCUT2D eigenvalue weighted by molar-refractivity contribution is 9.10. The summed E-state index contributed by atoms with van der Waals surface area (Å²) in [6.45, 7) is 2.62. The predicted octanol–water partition coefficient (Wildman–Crippen LogP) is 3.64. The van der Waals surface area contributed by atoms with Gasteiger partial charge in [0.2, 0.25) is 0 Å². The second kappa shape index (κ2) is 8.67. The summed E-state index contributed by atoms with van der Waals surface area (Å²) in [4.78, 5) is 32.3. The average Bonchev–Trinajstić information content (AvgIpc) is 2.71. The third-order valence-corrected chi connectivity index (χ3v) is 5.25. The second-order valence-electron chi connectivity index (χ2n) is 6.54. The van der Waals surface area contributed by atoms with E-state index >= 15 is 0 Å². The van der Waals surface area contributed by atoms with Crippen molar-refractivity contribution in [3.05, 3.63) is 74.7 Å². The minimum Gasteiger partial charge on any atom is -0.383 e. The van der Waals surface area contributed by atoms with E-state index in [0.717, 1.165) is 4.47 Å². The van der Waals surface area contributed by atoms with Gasteiger partial charge in [-0.2, -0.15) is 0 Å². The summed E-state index contributed by atoms with van der Waals surface area (Å²) in [5.41, 5.74) is 1.05. The lowest BCUT2D eigenvalue weighted by Crippen LogP contribution is -2.36. The Kier molecular flexibility index (Phi) is 6.26. The van der Waals surface area contributed by atoms with Crippen LogP contribution >= 0.6 is 15.9 Å². The van der Waals surface area contributed by atoms with Gasteiger partial charge >= 0.3 is 0 Å². The van der Waals surface area contributed by atoms with Crippen LogP contribution in [0.4, 0.5) is 0 Å². The molecule has 3 rings (SSSR count). The highest BCUT2D eigenvalue weighted by atomic mass is 79.9. The number of hydrogen-bond acceptors (Lipinski definition) is 4. The van der Waals surface area contributed by atoms with E-state index in [1.54, 1.807) is 41.8 Å². The molecule has 1 aromatic heterocycles. The maximum atomic E-state index is 13.0. The van der Waals surface area contributed by atoms with E-state index in [0.29, 0.717) is 35.4 Å². The molecule has 0 bridgehead atoms. The number of rotatable bonds is 6. The summed E-state index contributed by atoms with van der Waals surface area (Å²) in [5.74, 6) is 0.390. The normalized spacial score (nSPS) is 12.1. The molecular weight excluding hydrogens is 422 g/mol. The van der Waals surface area contributed by atoms with Crippen LogP contribution in [-0.4, -0.2) is 41.1 Å². The van der Waals surface area contributed by atoms with Gasteiger partial charge in [0.1, 0.15) is 5.82 Å². The number of carbonyl (C=O) groups excluding carboxylic acids is 1. The van der Waals surface area contributed by atoms with Crippen molar-refractivity contribution in [2.45, 2.75) is 19.5 Å². The molecule has 0 radical (unpaired) electrons. The van der Waals surface area contributed by atoms with E-state index in [9.17, 15) is 9.59 Å². The van der Waals surface area contributed by atoms with Gasteiger partial charge in [0.15, 0.2) is 0 Å². The maximum absolute atomic E-state index is 13.0. The molecule has 0 aliphatic heterocycles. The number of para-hydroxylation sites is 1. The Hall–Kier alpha value is -2.51. The van der Waals surface area contributed by atoms with E-state index < -0.39 is 6.04 Å². The Morgan fingerprint density at radius 1 is 1.25 bits per heavy atom. The molecular formula is C21H22BrN3O3. The molecule has 1 atom stereocenters. The van der Waals surface area contributed by atoms with Crippen molar-refractivity contribution < 1.29 is 9.53 Å². The topological polar surface area (TPSA) is 64.4 Å². The fourth-order valence-corrected chi connectivity index (χ4v) is 3.48. The molecule has 1 amide bonds.